The molecule has 2 fully saturated rings. The predicted molar refractivity (Wildman–Crippen MR) is 153 cm³/mol. The Kier molecular flexibility index (Phi) is 5.87. The molecule has 0 radical (unpaired) electrons. The highest BCUT2D eigenvalue weighted by molar-refractivity contribution is 6.19. The zero-order valence-electron chi connectivity index (χ0n) is 24.7. The van der Waals surface area contributed by atoms with Crippen LogP contribution in [0.2, 0.25) is 0 Å². The molecule has 3 N–H and O–H groups in total. The Morgan fingerprint density at radius 2 is 1.86 bits per heavy atom. The predicted octanol–water partition coefficient (Wildman–Crippen LogP) is 4.48. The van der Waals surface area contributed by atoms with E-state index in [1.54, 1.807) is 25.2 Å². The molecule has 42 heavy (non-hydrogen) atoms. The molecular formula is C33H36O9. The average Bonchev–Trinajstić information content (AvgIpc) is 3.05. The van der Waals surface area contributed by atoms with E-state index < -0.39 is 52.1 Å². The lowest BCUT2D eigenvalue weighted by Gasteiger charge is -2.56. The smallest absolute Gasteiger partial charge is 0.330 e. The molecule has 4 bridgehead atoms. The molecule has 1 spiro atoms. The quantitative estimate of drug-likeness (QED) is 0.330. The standard InChI is InChI=1S/C33H36O9/c1-15(2)21(34)14-19-26-18(9-10-30(4,5)40-26)24(35)23-25(36)20-12-17-13-22-31(6,7)42-32(28(17)37,11-8-16(3)29(38)39)33(20,22)41-27(19)23/h8-10,12,17,21-22,34-35H,1,11,13-14H2,2-7H3,(H,38,39)/b16-8-/t17-,21?,22?,32+,33-/m0/s1. The van der Waals surface area contributed by atoms with E-state index in [-0.39, 0.29) is 52.6 Å². The molecule has 3 heterocycles. The number of carboxylic acids is 1. The largest absolute Gasteiger partial charge is 0.506 e. The van der Waals surface area contributed by atoms with Gasteiger partial charge in [-0.2, -0.15) is 0 Å². The monoisotopic (exact) mass is 576 g/mol. The number of phenols is 1. The second-order valence-corrected chi connectivity index (χ2v) is 13.3. The van der Waals surface area contributed by atoms with E-state index in [4.69, 9.17) is 14.2 Å². The second kappa shape index (κ2) is 8.67. The van der Waals surface area contributed by atoms with Crippen molar-refractivity contribution in [3.63, 3.8) is 0 Å². The van der Waals surface area contributed by atoms with Gasteiger partial charge in [0.15, 0.2) is 22.8 Å². The van der Waals surface area contributed by atoms with Gasteiger partial charge in [0.2, 0.25) is 0 Å². The average molecular weight is 577 g/mol. The third kappa shape index (κ3) is 3.53. The number of carboxylic acid groups (broad SMARTS) is 1. The van der Waals surface area contributed by atoms with E-state index in [0.717, 1.165) is 0 Å². The maximum absolute atomic E-state index is 14.5. The van der Waals surface area contributed by atoms with Crippen LogP contribution >= 0.6 is 0 Å². The van der Waals surface area contributed by atoms with Crippen LogP contribution in [-0.2, 0) is 20.7 Å². The molecule has 3 aliphatic carbocycles. The first-order chi connectivity index (χ1) is 19.5. The fourth-order valence-corrected chi connectivity index (χ4v) is 7.51. The Balaban J connectivity index is 1.65. The highest BCUT2D eigenvalue weighted by Gasteiger charge is 2.81. The summed E-state index contributed by atoms with van der Waals surface area (Å²) in [5.41, 5.74) is -3.59. The SMILES string of the molecule is C=C(C)C(O)Cc1c2c(c(O)c3c1O[C@@]14C(=C[C@H]5CC1C(C)(C)O[C@]4(C/C=C(/C)C(=O)O)C5=O)C3=O)C=CC(C)(C)O2. The molecule has 1 aromatic rings. The van der Waals surface area contributed by atoms with Crippen LogP contribution < -0.4 is 9.47 Å². The molecule has 0 amide bonds. The maximum Gasteiger partial charge on any atom is 0.330 e. The number of hydrogen-bond acceptors (Lipinski definition) is 8. The fourth-order valence-electron chi connectivity index (χ4n) is 7.51. The summed E-state index contributed by atoms with van der Waals surface area (Å²) in [7, 11) is 0. The fraction of sp³-hybridized carbons (Fsp3) is 0.485. The van der Waals surface area contributed by atoms with Crippen molar-refractivity contribution in [3.05, 3.63) is 58.2 Å². The summed E-state index contributed by atoms with van der Waals surface area (Å²) in [6.07, 6.45) is 5.78. The molecule has 1 aromatic carbocycles. The van der Waals surface area contributed by atoms with Crippen molar-refractivity contribution >= 4 is 23.6 Å². The minimum absolute atomic E-state index is 0.0247. The van der Waals surface area contributed by atoms with Gasteiger partial charge < -0.3 is 29.5 Å². The number of benzene rings is 1. The van der Waals surface area contributed by atoms with Crippen LogP contribution in [0.25, 0.3) is 6.08 Å². The molecule has 1 saturated carbocycles. The van der Waals surface area contributed by atoms with Crippen LogP contribution in [0.1, 0.15) is 75.9 Å². The third-order valence-corrected chi connectivity index (χ3v) is 9.62. The van der Waals surface area contributed by atoms with Crippen LogP contribution in [0.3, 0.4) is 0 Å². The molecule has 222 valence electrons. The summed E-state index contributed by atoms with van der Waals surface area (Å²) in [4.78, 5) is 40.4. The normalized spacial score (nSPS) is 31.8. The number of phenolic OH excluding ortho intramolecular Hbond substituents is 1. The number of allylic oxidation sites excluding steroid dienone is 1. The summed E-state index contributed by atoms with van der Waals surface area (Å²) in [5, 5.41) is 32.1. The van der Waals surface area contributed by atoms with Gasteiger partial charge in [0.1, 0.15) is 28.4 Å². The first kappa shape index (κ1) is 28.4. The number of aromatic hydroxyl groups is 1. The van der Waals surface area contributed by atoms with Gasteiger partial charge in [-0.3, -0.25) is 9.59 Å². The zero-order chi connectivity index (χ0) is 30.7. The first-order valence-electron chi connectivity index (χ1n) is 14.2. The number of carbonyl (C=O) groups is 3. The highest BCUT2D eigenvalue weighted by Crippen LogP contribution is 2.68. The Labute approximate surface area is 244 Å². The molecule has 3 aliphatic heterocycles. The summed E-state index contributed by atoms with van der Waals surface area (Å²) >= 11 is 0. The lowest BCUT2D eigenvalue weighted by atomic mass is 9.51. The number of ether oxygens (including phenoxy) is 3. The summed E-state index contributed by atoms with van der Waals surface area (Å²) in [6.45, 7) is 14.4. The van der Waals surface area contributed by atoms with Gasteiger partial charge in [0.05, 0.1) is 17.3 Å². The van der Waals surface area contributed by atoms with Gasteiger partial charge >= 0.3 is 5.97 Å². The second-order valence-electron chi connectivity index (χ2n) is 13.3. The lowest BCUT2D eigenvalue weighted by Crippen LogP contribution is -2.72. The van der Waals surface area contributed by atoms with Gasteiger partial charge in [-0.15, -0.1) is 0 Å². The van der Waals surface area contributed by atoms with E-state index >= 15 is 0 Å². The minimum atomic E-state index is -1.69. The highest BCUT2D eigenvalue weighted by atomic mass is 16.6. The van der Waals surface area contributed by atoms with Crippen molar-refractivity contribution in [1.29, 1.82) is 0 Å². The van der Waals surface area contributed by atoms with Crippen molar-refractivity contribution in [1.82, 2.24) is 0 Å². The number of fused-ring (bicyclic) bond motifs is 2. The van der Waals surface area contributed by atoms with Gasteiger partial charge in [-0.25, -0.2) is 4.79 Å². The first-order valence-corrected chi connectivity index (χ1v) is 14.2. The topological polar surface area (TPSA) is 140 Å². The number of aliphatic carboxylic acids is 1. The van der Waals surface area contributed by atoms with Gasteiger partial charge in [-0.1, -0.05) is 24.3 Å². The molecule has 9 nitrogen and oxygen atoms in total. The van der Waals surface area contributed by atoms with Crippen LogP contribution in [-0.4, -0.2) is 61.4 Å². The van der Waals surface area contributed by atoms with Crippen molar-refractivity contribution in [2.24, 2.45) is 11.8 Å². The van der Waals surface area contributed by atoms with E-state index in [0.29, 0.717) is 23.1 Å². The van der Waals surface area contributed by atoms with Crippen LogP contribution in [0.15, 0.2) is 41.5 Å². The molecule has 1 saturated heterocycles. The Morgan fingerprint density at radius 1 is 1.17 bits per heavy atom. The van der Waals surface area contributed by atoms with Gasteiger partial charge in [-0.05, 0) is 60.1 Å². The van der Waals surface area contributed by atoms with E-state index in [1.165, 1.54) is 13.0 Å². The number of Topliss-reactive ketones (excluding diaryl/α,β-unsaturated/α-hetero) is 2. The number of carbonyl (C=O) groups excluding carboxylic acids is 2. The number of ketones is 2. The number of hydrogen-bond donors (Lipinski definition) is 3. The molecule has 5 atom stereocenters. The third-order valence-electron chi connectivity index (χ3n) is 9.62. The van der Waals surface area contributed by atoms with Crippen molar-refractivity contribution < 1.29 is 43.9 Å². The minimum Gasteiger partial charge on any atom is -0.506 e. The van der Waals surface area contributed by atoms with E-state index in [2.05, 4.69) is 6.58 Å². The number of aliphatic hydroxyl groups excluding tert-OH is 1. The summed E-state index contributed by atoms with van der Waals surface area (Å²) in [6, 6.07) is 0. The van der Waals surface area contributed by atoms with Gasteiger partial charge in [0.25, 0.3) is 0 Å². The van der Waals surface area contributed by atoms with Crippen LogP contribution in [0, 0.1) is 11.8 Å². The summed E-state index contributed by atoms with van der Waals surface area (Å²) in [5.74, 6) is -2.98. The van der Waals surface area contributed by atoms with E-state index in [9.17, 15) is 29.7 Å². The molecular weight excluding hydrogens is 540 g/mol. The Hall–Kier alpha value is -3.69. The molecule has 6 aliphatic rings. The number of rotatable bonds is 6. The zero-order valence-corrected chi connectivity index (χ0v) is 24.7. The lowest BCUT2D eigenvalue weighted by molar-refractivity contribution is -0.171. The van der Waals surface area contributed by atoms with E-state index in [1.807, 2.05) is 27.7 Å². The van der Waals surface area contributed by atoms with Crippen molar-refractivity contribution in [2.45, 2.75) is 89.3 Å². The summed E-state index contributed by atoms with van der Waals surface area (Å²) < 4.78 is 19.9. The molecule has 0 aromatic heterocycles. The Morgan fingerprint density at radius 3 is 2.50 bits per heavy atom. The van der Waals surface area contributed by atoms with Crippen LogP contribution in [0.4, 0.5) is 0 Å². The Bertz CT molecular complexity index is 1590. The van der Waals surface area contributed by atoms with Gasteiger partial charge in [0, 0.05) is 41.4 Å². The van der Waals surface area contributed by atoms with Crippen molar-refractivity contribution in [2.75, 3.05) is 0 Å². The maximum atomic E-state index is 14.5. The number of aliphatic hydroxyl groups is 1. The molecule has 9 heteroatoms. The molecule has 7 rings (SSSR count). The van der Waals surface area contributed by atoms with Crippen molar-refractivity contribution in [3.8, 4) is 17.2 Å². The molecule has 2 unspecified atom stereocenters. The van der Waals surface area contributed by atoms with Crippen LogP contribution in [0.5, 0.6) is 17.2 Å².